The molecule has 0 saturated carbocycles. The molecule has 1 aliphatic heterocycles. The van der Waals surface area contributed by atoms with Crippen molar-refractivity contribution in [1.82, 2.24) is 4.90 Å². The summed E-state index contributed by atoms with van der Waals surface area (Å²) in [7, 11) is 1.60. The predicted octanol–water partition coefficient (Wildman–Crippen LogP) is 2.34. The molecule has 6 heteroatoms. The van der Waals surface area contributed by atoms with Crippen molar-refractivity contribution in [3.05, 3.63) is 41.0 Å². The monoisotopic (exact) mass is 331 g/mol. The summed E-state index contributed by atoms with van der Waals surface area (Å²) in [6, 6.07) is 7.49. The van der Waals surface area contributed by atoms with Crippen molar-refractivity contribution in [1.29, 1.82) is 0 Å². The summed E-state index contributed by atoms with van der Waals surface area (Å²) in [5.41, 5.74) is 2.72. The predicted molar refractivity (Wildman–Crippen MR) is 86.4 cm³/mol. The molecule has 2 aliphatic rings. The Hall–Kier alpha value is -2.34. The Balaban J connectivity index is 1.80. The molecule has 0 saturated heterocycles. The van der Waals surface area contributed by atoms with E-state index in [0.29, 0.717) is 6.54 Å². The number of methoxy groups -OCH3 is 1. The molecule has 0 aromatic heterocycles. The van der Waals surface area contributed by atoms with E-state index in [9.17, 15) is 9.59 Å². The average Bonchev–Trinajstić information content (AvgIpc) is 2.86. The molecule has 3 rings (SSSR count). The van der Waals surface area contributed by atoms with Crippen molar-refractivity contribution in [2.45, 2.75) is 38.5 Å². The van der Waals surface area contributed by atoms with Gasteiger partial charge in [0.15, 0.2) is 6.23 Å². The van der Waals surface area contributed by atoms with Gasteiger partial charge in [-0.2, -0.15) is 0 Å². The van der Waals surface area contributed by atoms with Crippen LogP contribution in [-0.2, 0) is 20.9 Å². The third kappa shape index (κ3) is 3.28. The number of carboxylic acids is 1. The van der Waals surface area contributed by atoms with Crippen LogP contribution in [-0.4, -0.2) is 41.8 Å². The number of ether oxygens (including phenoxy) is 2. The number of carbonyl (C=O) groups excluding carboxylic acids is 1. The average molecular weight is 331 g/mol. The molecule has 0 bridgehead atoms. The molecule has 24 heavy (non-hydrogen) atoms. The Bertz CT molecular complexity index is 664. The van der Waals surface area contributed by atoms with E-state index in [-0.39, 0.29) is 5.91 Å². The molecule has 1 aromatic rings. The van der Waals surface area contributed by atoms with Gasteiger partial charge in [0, 0.05) is 12.1 Å². The molecule has 6 nitrogen and oxygen atoms in total. The van der Waals surface area contributed by atoms with Gasteiger partial charge in [-0.15, -0.1) is 0 Å². The zero-order chi connectivity index (χ0) is 17.1. The Kier molecular flexibility index (Phi) is 4.85. The third-order valence-corrected chi connectivity index (χ3v) is 4.49. The van der Waals surface area contributed by atoms with Crippen molar-refractivity contribution in [2.24, 2.45) is 0 Å². The van der Waals surface area contributed by atoms with Gasteiger partial charge in [0.25, 0.3) is 5.91 Å². The lowest BCUT2D eigenvalue weighted by Gasteiger charge is -2.27. The number of carboxylic acid groups (broad SMARTS) is 1. The number of benzene rings is 1. The quantitative estimate of drug-likeness (QED) is 0.866. The Morgan fingerprint density at radius 1 is 1.25 bits per heavy atom. The van der Waals surface area contributed by atoms with Gasteiger partial charge in [-0.3, -0.25) is 4.79 Å². The van der Waals surface area contributed by atoms with Crippen LogP contribution in [0, 0.1) is 0 Å². The van der Waals surface area contributed by atoms with Crippen LogP contribution in [0.5, 0.6) is 5.75 Å². The van der Waals surface area contributed by atoms with Crippen molar-refractivity contribution < 1.29 is 24.2 Å². The van der Waals surface area contributed by atoms with E-state index >= 15 is 0 Å². The van der Waals surface area contributed by atoms with E-state index in [0.717, 1.165) is 48.1 Å². The summed E-state index contributed by atoms with van der Waals surface area (Å²) in [6.07, 6.45) is 2.98. The molecule has 1 heterocycles. The smallest absolute Gasteiger partial charge is 0.329 e. The molecular weight excluding hydrogens is 310 g/mol. The Morgan fingerprint density at radius 2 is 1.96 bits per heavy atom. The fourth-order valence-corrected chi connectivity index (χ4v) is 3.34. The summed E-state index contributed by atoms with van der Waals surface area (Å²) >= 11 is 0. The summed E-state index contributed by atoms with van der Waals surface area (Å²) in [5, 5.41) is 8.91. The summed E-state index contributed by atoms with van der Waals surface area (Å²) in [6.45, 7) is -0.0199. The zero-order valence-corrected chi connectivity index (χ0v) is 13.7. The molecule has 1 N–H and O–H groups in total. The first kappa shape index (κ1) is 16.5. The lowest BCUT2D eigenvalue weighted by molar-refractivity contribution is -0.151. The standard InChI is InChI=1S/C18H21NO5/c1-23-13-8-6-12(7-9-13)10-19-17(22)14-4-2-3-5-15(14)18(19)24-11-16(20)21/h6-9,18H,2-5,10-11H2,1H3,(H,20,21). The first-order valence-electron chi connectivity index (χ1n) is 8.09. The van der Waals surface area contributed by atoms with Crippen LogP contribution in [0.15, 0.2) is 35.4 Å². The largest absolute Gasteiger partial charge is 0.497 e. The lowest BCUT2D eigenvalue weighted by atomic mass is 9.93. The van der Waals surface area contributed by atoms with Crippen LogP contribution in [0.3, 0.4) is 0 Å². The minimum Gasteiger partial charge on any atom is -0.497 e. The van der Waals surface area contributed by atoms with Crippen molar-refractivity contribution in [3.63, 3.8) is 0 Å². The summed E-state index contributed by atoms with van der Waals surface area (Å²) in [5.74, 6) is -0.310. The highest BCUT2D eigenvalue weighted by Gasteiger charge is 2.40. The first-order valence-corrected chi connectivity index (χ1v) is 8.09. The van der Waals surface area contributed by atoms with Crippen LogP contribution in [0.4, 0.5) is 0 Å². The Morgan fingerprint density at radius 3 is 2.62 bits per heavy atom. The number of carbonyl (C=O) groups is 2. The molecule has 1 aliphatic carbocycles. The number of aliphatic carboxylic acids is 1. The maximum Gasteiger partial charge on any atom is 0.329 e. The topological polar surface area (TPSA) is 76.1 Å². The molecule has 0 spiro atoms. The maximum atomic E-state index is 12.7. The second-order valence-corrected chi connectivity index (χ2v) is 6.05. The van der Waals surface area contributed by atoms with Crippen molar-refractivity contribution in [2.75, 3.05) is 13.7 Å². The fraction of sp³-hybridized carbons (Fsp3) is 0.444. The molecule has 1 atom stereocenters. The Labute approximate surface area is 140 Å². The summed E-state index contributed by atoms with van der Waals surface area (Å²) < 4.78 is 10.7. The van der Waals surface area contributed by atoms with Crippen LogP contribution in [0.25, 0.3) is 0 Å². The number of rotatable bonds is 6. The number of amides is 1. The molecule has 0 radical (unpaired) electrons. The van der Waals surface area contributed by atoms with E-state index in [1.807, 2.05) is 24.3 Å². The van der Waals surface area contributed by atoms with Crippen LogP contribution < -0.4 is 4.74 Å². The lowest BCUT2D eigenvalue weighted by Crippen LogP contribution is -2.38. The van der Waals surface area contributed by atoms with Gasteiger partial charge in [0.1, 0.15) is 12.4 Å². The highest BCUT2D eigenvalue weighted by Crippen LogP contribution is 2.37. The molecule has 1 aromatic carbocycles. The van der Waals surface area contributed by atoms with Crippen LogP contribution in [0.2, 0.25) is 0 Å². The molecule has 0 fully saturated rings. The molecule has 1 unspecified atom stereocenters. The summed E-state index contributed by atoms with van der Waals surface area (Å²) in [4.78, 5) is 25.3. The van der Waals surface area contributed by atoms with Crippen LogP contribution >= 0.6 is 0 Å². The van der Waals surface area contributed by atoms with Gasteiger partial charge < -0.3 is 19.5 Å². The van der Waals surface area contributed by atoms with Crippen molar-refractivity contribution in [3.8, 4) is 5.75 Å². The highest BCUT2D eigenvalue weighted by molar-refractivity contribution is 5.97. The number of hydrogen-bond donors (Lipinski definition) is 1. The molecular formula is C18H21NO5. The van der Waals surface area contributed by atoms with Crippen LogP contribution in [0.1, 0.15) is 31.2 Å². The third-order valence-electron chi connectivity index (χ3n) is 4.49. The van der Waals surface area contributed by atoms with E-state index in [1.165, 1.54) is 0 Å². The van der Waals surface area contributed by atoms with E-state index < -0.39 is 18.8 Å². The zero-order valence-electron chi connectivity index (χ0n) is 13.7. The SMILES string of the molecule is COc1ccc(CN2C(=O)C3=C(CCCC3)C2OCC(=O)O)cc1. The van der Waals surface area contributed by atoms with Gasteiger partial charge >= 0.3 is 5.97 Å². The minimum atomic E-state index is -1.03. The van der Waals surface area contributed by atoms with Gasteiger partial charge in [-0.1, -0.05) is 12.1 Å². The second-order valence-electron chi connectivity index (χ2n) is 6.05. The van der Waals surface area contributed by atoms with E-state index in [4.69, 9.17) is 14.6 Å². The number of nitrogens with zero attached hydrogens (tertiary/aromatic N) is 1. The number of hydrogen-bond acceptors (Lipinski definition) is 4. The van der Waals surface area contributed by atoms with E-state index in [2.05, 4.69) is 0 Å². The molecule has 1 amide bonds. The van der Waals surface area contributed by atoms with Crippen molar-refractivity contribution >= 4 is 11.9 Å². The van der Waals surface area contributed by atoms with Gasteiger partial charge in [0.05, 0.1) is 7.11 Å². The van der Waals surface area contributed by atoms with E-state index in [1.54, 1.807) is 12.0 Å². The maximum absolute atomic E-state index is 12.7. The minimum absolute atomic E-state index is 0.0316. The fourth-order valence-electron chi connectivity index (χ4n) is 3.34. The van der Waals surface area contributed by atoms with Gasteiger partial charge in [-0.25, -0.2) is 4.79 Å². The van der Waals surface area contributed by atoms with Gasteiger partial charge in [-0.05, 0) is 49.0 Å². The second kappa shape index (κ2) is 7.05. The van der Waals surface area contributed by atoms with Gasteiger partial charge in [0.2, 0.25) is 0 Å². The highest BCUT2D eigenvalue weighted by atomic mass is 16.5. The molecule has 128 valence electrons. The normalized spacial score (nSPS) is 20.3. The first-order chi connectivity index (χ1) is 11.6.